The first-order valence-electron chi connectivity index (χ1n) is 11.4. The Hall–Kier alpha value is -3.19. The maximum absolute atomic E-state index is 13.4. The van der Waals surface area contributed by atoms with Gasteiger partial charge in [0.25, 0.3) is 0 Å². The normalized spacial score (nSPS) is 19.6. The number of benzene rings is 2. The fourth-order valence-corrected chi connectivity index (χ4v) is 5.07. The van der Waals surface area contributed by atoms with Gasteiger partial charge in [0.05, 0.1) is 26.0 Å². The largest absolute Gasteiger partial charge is 0.493 e. The SMILES string of the molecule is CCOC(=O)[C@@]1(C)c2[nH]c3ccccc3c2[C@H](c2cccc(OC)c2OCC)CN1C(=O)CCl. The molecule has 1 aliphatic rings. The predicted octanol–water partition coefficient (Wildman–Crippen LogP) is 4.57. The first-order chi connectivity index (χ1) is 16.4. The van der Waals surface area contributed by atoms with Crippen LogP contribution in [-0.2, 0) is 19.9 Å². The van der Waals surface area contributed by atoms with Crippen molar-refractivity contribution in [2.24, 2.45) is 0 Å². The van der Waals surface area contributed by atoms with Crippen LogP contribution in [0.1, 0.15) is 43.5 Å². The van der Waals surface area contributed by atoms with Crippen molar-refractivity contribution in [3.05, 3.63) is 59.3 Å². The van der Waals surface area contributed by atoms with Crippen LogP contribution in [0.3, 0.4) is 0 Å². The molecule has 2 atom stereocenters. The number of aromatic nitrogens is 1. The average Bonchev–Trinajstić information content (AvgIpc) is 3.25. The summed E-state index contributed by atoms with van der Waals surface area (Å²) >= 11 is 6.02. The van der Waals surface area contributed by atoms with Crippen LogP contribution in [0.2, 0.25) is 0 Å². The minimum atomic E-state index is -1.36. The molecule has 1 aliphatic heterocycles. The van der Waals surface area contributed by atoms with Gasteiger partial charge in [-0.3, -0.25) is 4.79 Å². The molecule has 8 heteroatoms. The van der Waals surface area contributed by atoms with E-state index < -0.39 is 11.5 Å². The third-order valence-electron chi connectivity index (χ3n) is 6.47. The van der Waals surface area contributed by atoms with Gasteiger partial charge in [0.1, 0.15) is 5.88 Å². The number of carbonyl (C=O) groups excluding carboxylic acids is 2. The second-order valence-electron chi connectivity index (χ2n) is 8.25. The van der Waals surface area contributed by atoms with E-state index in [1.165, 1.54) is 4.90 Å². The Morgan fingerprint density at radius 3 is 2.59 bits per heavy atom. The number of nitrogens with one attached hydrogen (secondary N) is 1. The Labute approximate surface area is 203 Å². The van der Waals surface area contributed by atoms with Gasteiger partial charge in [-0.1, -0.05) is 30.3 Å². The topological polar surface area (TPSA) is 80.9 Å². The van der Waals surface area contributed by atoms with Gasteiger partial charge in [-0.2, -0.15) is 0 Å². The zero-order chi connectivity index (χ0) is 24.5. The summed E-state index contributed by atoms with van der Waals surface area (Å²) in [5.74, 6) is -0.185. The number of fused-ring (bicyclic) bond motifs is 3. The molecule has 0 saturated carbocycles. The van der Waals surface area contributed by atoms with E-state index in [-0.39, 0.29) is 30.9 Å². The van der Waals surface area contributed by atoms with Crippen molar-refractivity contribution in [1.82, 2.24) is 9.88 Å². The first-order valence-corrected chi connectivity index (χ1v) is 11.9. The number of H-pyrrole nitrogens is 1. The maximum Gasteiger partial charge on any atom is 0.338 e. The van der Waals surface area contributed by atoms with E-state index in [4.69, 9.17) is 25.8 Å². The molecule has 34 heavy (non-hydrogen) atoms. The molecule has 0 unspecified atom stereocenters. The van der Waals surface area contributed by atoms with Crippen molar-refractivity contribution in [2.75, 3.05) is 32.7 Å². The molecule has 1 N–H and O–H groups in total. The van der Waals surface area contributed by atoms with Crippen molar-refractivity contribution in [1.29, 1.82) is 0 Å². The van der Waals surface area contributed by atoms with Crippen LogP contribution in [0.5, 0.6) is 11.5 Å². The van der Waals surface area contributed by atoms with E-state index in [2.05, 4.69) is 4.98 Å². The zero-order valence-corrected chi connectivity index (χ0v) is 20.6. The van der Waals surface area contributed by atoms with Gasteiger partial charge < -0.3 is 24.1 Å². The van der Waals surface area contributed by atoms with Crippen LogP contribution in [0.25, 0.3) is 10.9 Å². The molecular weight excluding hydrogens is 456 g/mol. The molecule has 0 radical (unpaired) electrons. The Bertz CT molecular complexity index is 1220. The van der Waals surface area contributed by atoms with Gasteiger partial charge in [0, 0.05) is 28.9 Å². The number of hydrogen-bond donors (Lipinski definition) is 1. The molecule has 1 aromatic heterocycles. The lowest BCUT2D eigenvalue weighted by atomic mass is 9.77. The molecule has 3 aromatic rings. The molecule has 0 saturated heterocycles. The second-order valence-corrected chi connectivity index (χ2v) is 8.52. The molecule has 180 valence electrons. The monoisotopic (exact) mass is 484 g/mol. The molecule has 1 amide bonds. The van der Waals surface area contributed by atoms with E-state index in [0.717, 1.165) is 22.0 Å². The quantitative estimate of drug-likeness (QED) is 0.392. The summed E-state index contributed by atoms with van der Waals surface area (Å²) in [5, 5.41) is 0.973. The number of aromatic amines is 1. The lowest BCUT2D eigenvalue weighted by Crippen LogP contribution is -2.58. The van der Waals surface area contributed by atoms with E-state index in [1.54, 1.807) is 21.0 Å². The van der Waals surface area contributed by atoms with Crippen molar-refractivity contribution < 1.29 is 23.8 Å². The van der Waals surface area contributed by atoms with Crippen molar-refractivity contribution in [3.63, 3.8) is 0 Å². The molecule has 0 aliphatic carbocycles. The van der Waals surface area contributed by atoms with Crippen molar-refractivity contribution >= 4 is 34.4 Å². The maximum atomic E-state index is 13.4. The number of methoxy groups -OCH3 is 1. The molecule has 2 aromatic carbocycles. The van der Waals surface area contributed by atoms with Gasteiger partial charge in [0.2, 0.25) is 5.91 Å². The highest BCUT2D eigenvalue weighted by Gasteiger charge is 2.53. The van der Waals surface area contributed by atoms with E-state index in [0.29, 0.717) is 23.8 Å². The molecule has 4 rings (SSSR count). The summed E-state index contributed by atoms with van der Waals surface area (Å²) < 4.78 is 17.1. The number of rotatable bonds is 7. The zero-order valence-electron chi connectivity index (χ0n) is 19.8. The number of nitrogens with zero attached hydrogens (tertiary/aromatic N) is 1. The van der Waals surface area contributed by atoms with Crippen LogP contribution in [-0.4, -0.2) is 54.5 Å². The number of esters is 1. The predicted molar refractivity (Wildman–Crippen MR) is 131 cm³/mol. The molecule has 2 heterocycles. The molecule has 0 fully saturated rings. The number of hydrogen-bond acceptors (Lipinski definition) is 5. The number of amides is 1. The minimum absolute atomic E-state index is 0.195. The standard InChI is InChI=1S/C26H29ClN2O5/c1-5-33-23-16(11-9-13-20(23)32-4)18-15-29(21(30)14-27)26(3,25(31)34-6-2)24-22(18)17-10-7-8-12-19(17)28-24/h7-13,18,28H,5-6,14-15H2,1-4H3/t18-,26+/m0/s1. The van der Waals surface area contributed by atoms with Gasteiger partial charge in [0.15, 0.2) is 17.0 Å². The number of para-hydroxylation sites is 2. The molecule has 0 bridgehead atoms. The van der Waals surface area contributed by atoms with Gasteiger partial charge >= 0.3 is 5.97 Å². The number of ether oxygens (including phenoxy) is 3. The molecule has 0 spiro atoms. The third-order valence-corrected chi connectivity index (χ3v) is 6.70. The fourth-order valence-electron chi connectivity index (χ4n) is 4.93. The Morgan fingerprint density at radius 1 is 1.15 bits per heavy atom. The van der Waals surface area contributed by atoms with E-state index in [9.17, 15) is 9.59 Å². The lowest BCUT2D eigenvalue weighted by molar-refractivity contribution is -0.164. The Kier molecular flexibility index (Phi) is 6.75. The highest BCUT2D eigenvalue weighted by atomic mass is 35.5. The minimum Gasteiger partial charge on any atom is -0.493 e. The number of alkyl halides is 1. The van der Waals surface area contributed by atoms with Gasteiger partial charge in [-0.05, 0) is 38.5 Å². The van der Waals surface area contributed by atoms with Crippen molar-refractivity contribution in [3.8, 4) is 11.5 Å². The summed E-state index contributed by atoms with van der Waals surface area (Å²) in [7, 11) is 1.60. The van der Waals surface area contributed by atoms with Gasteiger partial charge in [-0.15, -0.1) is 11.6 Å². The number of halogens is 1. The number of carbonyl (C=O) groups is 2. The fraction of sp³-hybridized carbons (Fsp3) is 0.385. The van der Waals surface area contributed by atoms with Gasteiger partial charge in [-0.25, -0.2) is 4.79 Å². The summed E-state index contributed by atoms with van der Waals surface area (Å²) in [6.07, 6.45) is 0. The second kappa shape index (κ2) is 9.58. The highest BCUT2D eigenvalue weighted by molar-refractivity contribution is 6.27. The average molecular weight is 485 g/mol. The Morgan fingerprint density at radius 2 is 1.91 bits per heavy atom. The summed E-state index contributed by atoms with van der Waals surface area (Å²) in [5.41, 5.74) is 1.92. The van der Waals surface area contributed by atoms with Crippen LogP contribution < -0.4 is 9.47 Å². The molecule has 7 nitrogen and oxygen atoms in total. The highest BCUT2D eigenvalue weighted by Crippen LogP contribution is 2.49. The van der Waals surface area contributed by atoms with Crippen LogP contribution >= 0.6 is 11.6 Å². The van der Waals surface area contributed by atoms with Crippen LogP contribution in [0, 0.1) is 0 Å². The smallest absolute Gasteiger partial charge is 0.338 e. The van der Waals surface area contributed by atoms with E-state index >= 15 is 0 Å². The van der Waals surface area contributed by atoms with Crippen molar-refractivity contribution in [2.45, 2.75) is 32.2 Å². The summed E-state index contributed by atoms with van der Waals surface area (Å²) in [6.45, 7) is 6.25. The summed E-state index contributed by atoms with van der Waals surface area (Å²) in [4.78, 5) is 31.5. The van der Waals surface area contributed by atoms with Crippen LogP contribution in [0.4, 0.5) is 0 Å². The lowest BCUT2D eigenvalue weighted by Gasteiger charge is -2.45. The third kappa shape index (κ3) is 3.68. The summed E-state index contributed by atoms with van der Waals surface area (Å²) in [6, 6.07) is 13.6. The first kappa shape index (κ1) is 24.0. The van der Waals surface area contributed by atoms with Crippen LogP contribution in [0.15, 0.2) is 42.5 Å². The Balaban J connectivity index is 2.05. The van der Waals surface area contributed by atoms with E-state index in [1.807, 2.05) is 49.4 Å². The molecular formula is C26H29ClN2O5.